The first-order valence-corrected chi connectivity index (χ1v) is 9.54. The van der Waals surface area contributed by atoms with Gasteiger partial charge in [0.1, 0.15) is 6.54 Å². The Bertz CT molecular complexity index is 643. The molecule has 1 atom stereocenters. The van der Waals surface area contributed by atoms with E-state index in [0.29, 0.717) is 6.04 Å². The van der Waals surface area contributed by atoms with Gasteiger partial charge in [0.2, 0.25) is 5.91 Å². The van der Waals surface area contributed by atoms with E-state index >= 15 is 0 Å². The number of carbonyl (C=O) groups excluding carboxylic acids is 1. The van der Waals surface area contributed by atoms with Crippen molar-refractivity contribution >= 4 is 11.9 Å². The molecule has 0 bridgehead atoms. The molecule has 1 amide bonds. The molecule has 1 aliphatic carbocycles. The number of likely N-dealkylation sites (N-methyl/N-ethyl adjacent to an activating group) is 1. The van der Waals surface area contributed by atoms with E-state index in [4.69, 9.17) is 0 Å². The molecule has 0 spiro atoms. The van der Waals surface area contributed by atoms with Gasteiger partial charge in [0.25, 0.3) is 0 Å². The van der Waals surface area contributed by atoms with Crippen LogP contribution < -0.4 is 10.6 Å². The van der Waals surface area contributed by atoms with Gasteiger partial charge in [-0.05, 0) is 45.6 Å². The minimum Gasteiger partial charge on any atom is -0.354 e. The lowest BCUT2D eigenvalue weighted by atomic mass is 10.1. The zero-order valence-electron chi connectivity index (χ0n) is 17.1. The van der Waals surface area contributed by atoms with Crippen LogP contribution in [0.4, 0.5) is 0 Å². The number of aryl methyl sites for hydroxylation is 2. The van der Waals surface area contributed by atoms with Crippen molar-refractivity contribution < 1.29 is 4.79 Å². The Morgan fingerprint density at radius 3 is 2.54 bits per heavy atom. The lowest BCUT2D eigenvalue weighted by molar-refractivity contribution is -0.127. The number of carbonyl (C=O) groups is 1. The van der Waals surface area contributed by atoms with Gasteiger partial charge in [-0.1, -0.05) is 12.8 Å². The van der Waals surface area contributed by atoms with Crippen LogP contribution in [0.3, 0.4) is 0 Å². The minimum absolute atomic E-state index is 0.00382. The highest BCUT2D eigenvalue weighted by Gasteiger charge is 2.19. The number of hydrogen-bond donors (Lipinski definition) is 2. The standard InChI is InChI=1S/C19H34N6O/c1-13(11-17-14(2)23-25(6)15(17)3)21-19(20-12-18(26)24(4)5)22-16-9-7-8-10-16/h13,16H,7-12H2,1-6H3,(H2,20,21,22). The number of nitrogens with zero attached hydrogens (tertiary/aromatic N) is 4. The average molecular weight is 363 g/mol. The molecular formula is C19H34N6O. The zero-order valence-corrected chi connectivity index (χ0v) is 17.1. The van der Waals surface area contributed by atoms with Crippen LogP contribution in [0.5, 0.6) is 0 Å². The quantitative estimate of drug-likeness (QED) is 0.595. The lowest BCUT2D eigenvalue weighted by Gasteiger charge is -2.22. The Balaban J connectivity index is 2.03. The molecule has 7 heteroatoms. The van der Waals surface area contributed by atoms with Gasteiger partial charge < -0.3 is 15.5 Å². The molecule has 1 aromatic rings. The van der Waals surface area contributed by atoms with Crippen LogP contribution in [0.25, 0.3) is 0 Å². The SMILES string of the molecule is Cc1nn(C)c(C)c1CC(C)NC(=NCC(=O)N(C)C)NC1CCCC1. The Morgan fingerprint density at radius 1 is 1.35 bits per heavy atom. The molecule has 0 aromatic carbocycles. The third kappa shape index (κ3) is 5.47. The molecule has 0 aliphatic heterocycles. The van der Waals surface area contributed by atoms with E-state index in [1.807, 2.05) is 11.7 Å². The number of nitrogens with one attached hydrogen (secondary N) is 2. The zero-order chi connectivity index (χ0) is 19.3. The predicted octanol–water partition coefficient (Wildman–Crippen LogP) is 1.53. The number of aromatic nitrogens is 2. The fourth-order valence-electron chi connectivity index (χ4n) is 3.39. The van der Waals surface area contributed by atoms with E-state index in [9.17, 15) is 4.79 Å². The summed E-state index contributed by atoms with van der Waals surface area (Å²) in [6.45, 7) is 6.46. The van der Waals surface area contributed by atoms with Crippen LogP contribution in [-0.2, 0) is 18.3 Å². The summed E-state index contributed by atoms with van der Waals surface area (Å²) in [4.78, 5) is 18.0. The monoisotopic (exact) mass is 362 g/mol. The van der Waals surface area contributed by atoms with E-state index < -0.39 is 0 Å². The van der Waals surface area contributed by atoms with Crippen molar-refractivity contribution in [2.75, 3.05) is 20.6 Å². The van der Waals surface area contributed by atoms with Gasteiger partial charge in [-0.25, -0.2) is 4.99 Å². The molecule has 1 saturated carbocycles. The summed E-state index contributed by atoms with van der Waals surface area (Å²) in [5.41, 5.74) is 3.54. The van der Waals surface area contributed by atoms with Gasteiger partial charge in [0.05, 0.1) is 5.69 Å². The predicted molar refractivity (Wildman–Crippen MR) is 105 cm³/mol. The molecule has 1 heterocycles. The van der Waals surface area contributed by atoms with Crippen LogP contribution in [0.1, 0.15) is 49.6 Å². The molecule has 2 rings (SSSR count). The first kappa shape index (κ1) is 20.3. The van der Waals surface area contributed by atoms with Gasteiger partial charge in [0.15, 0.2) is 5.96 Å². The molecule has 1 fully saturated rings. The van der Waals surface area contributed by atoms with Gasteiger partial charge >= 0.3 is 0 Å². The van der Waals surface area contributed by atoms with E-state index in [1.165, 1.54) is 24.1 Å². The largest absolute Gasteiger partial charge is 0.354 e. The summed E-state index contributed by atoms with van der Waals surface area (Å²) in [6, 6.07) is 0.642. The van der Waals surface area contributed by atoms with Crippen molar-refractivity contribution in [2.45, 2.75) is 65.0 Å². The van der Waals surface area contributed by atoms with E-state index in [-0.39, 0.29) is 18.5 Å². The van der Waals surface area contributed by atoms with Crippen LogP contribution in [-0.4, -0.2) is 59.3 Å². The fraction of sp³-hybridized carbons (Fsp3) is 0.737. The van der Waals surface area contributed by atoms with Crippen LogP contribution in [0.2, 0.25) is 0 Å². The van der Waals surface area contributed by atoms with Crippen LogP contribution in [0, 0.1) is 13.8 Å². The summed E-state index contributed by atoms with van der Waals surface area (Å²) in [7, 11) is 5.49. The molecule has 1 aliphatic rings. The van der Waals surface area contributed by atoms with E-state index in [0.717, 1.165) is 30.9 Å². The second kappa shape index (κ2) is 9.05. The lowest BCUT2D eigenvalue weighted by Crippen LogP contribution is -2.47. The molecule has 26 heavy (non-hydrogen) atoms. The topological polar surface area (TPSA) is 74.5 Å². The summed E-state index contributed by atoms with van der Waals surface area (Å²) in [6.07, 6.45) is 5.71. The summed E-state index contributed by atoms with van der Waals surface area (Å²) in [5.74, 6) is 0.739. The highest BCUT2D eigenvalue weighted by Crippen LogP contribution is 2.18. The number of amides is 1. The maximum absolute atomic E-state index is 11.9. The van der Waals surface area contributed by atoms with Gasteiger partial charge in [-0.3, -0.25) is 9.48 Å². The molecule has 1 unspecified atom stereocenters. The second-order valence-electron chi connectivity index (χ2n) is 7.60. The number of guanidine groups is 1. The molecular weight excluding hydrogens is 328 g/mol. The highest BCUT2D eigenvalue weighted by molar-refractivity contribution is 5.85. The smallest absolute Gasteiger partial charge is 0.243 e. The Hall–Kier alpha value is -2.05. The Labute approximate surface area is 157 Å². The first-order chi connectivity index (χ1) is 12.3. The normalized spacial score (nSPS) is 16.6. The van der Waals surface area contributed by atoms with E-state index in [2.05, 4.69) is 41.5 Å². The van der Waals surface area contributed by atoms with Gasteiger partial charge in [0, 0.05) is 38.9 Å². The third-order valence-electron chi connectivity index (χ3n) is 5.12. The van der Waals surface area contributed by atoms with Gasteiger partial charge in [-0.15, -0.1) is 0 Å². The second-order valence-corrected chi connectivity index (χ2v) is 7.60. The summed E-state index contributed by atoms with van der Waals surface area (Å²) < 4.78 is 1.93. The molecule has 2 N–H and O–H groups in total. The van der Waals surface area contributed by atoms with Crippen LogP contribution >= 0.6 is 0 Å². The third-order valence-corrected chi connectivity index (χ3v) is 5.12. The summed E-state index contributed by atoms with van der Waals surface area (Å²) >= 11 is 0. The van der Waals surface area contributed by atoms with E-state index in [1.54, 1.807) is 19.0 Å². The van der Waals surface area contributed by atoms with Gasteiger partial charge in [-0.2, -0.15) is 5.10 Å². The van der Waals surface area contributed by atoms with Crippen molar-refractivity contribution in [1.82, 2.24) is 25.3 Å². The van der Waals surface area contributed by atoms with Crippen molar-refractivity contribution in [3.8, 4) is 0 Å². The average Bonchev–Trinajstić information content (AvgIpc) is 3.16. The number of aliphatic imine (C=N–C) groups is 1. The number of hydrogen-bond acceptors (Lipinski definition) is 3. The Kier molecular flexibility index (Phi) is 7.06. The molecule has 146 valence electrons. The van der Waals surface area contributed by atoms with Crippen LogP contribution in [0.15, 0.2) is 4.99 Å². The minimum atomic E-state index is 0.00382. The van der Waals surface area contributed by atoms with Crippen molar-refractivity contribution in [3.63, 3.8) is 0 Å². The number of rotatable bonds is 6. The van der Waals surface area contributed by atoms with Crippen molar-refractivity contribution in [3.05, 3.63) is 17.0 Å². The molecule has 7 nitrogen and oxygen atoms in total. The maximum atomic E-state index is 11.9. The molecule has 0 radical (unpaired) electrons. The van der Waals surface area contributed by atoms with Crippen molar-refractivity contribution in [1.29, 1.82) is 0 Å². The molecule has 1 aromatic heterocycles. The molecule has 0 saturated heterocycles. The fourth-order valence-corrected chi connectivity index (χ4v) is 3.39. The first-order valence-electron chi connectivity index (χ1n) is 9.54. The van der Waals surface area contributed by atoms with Crippen molar-refractivity contribution in [2.24, 2.45) is 12.0 Å². The maximum Gasteiger partial charge on any atom is 0.243 e. The summed E-state index contributed by atoms with van der Waals surface area (Å²) in [5, 5.41) is 11.5. The highest BCUT2D eigenvalue weighted by atomic mass is 16.2. The Morgan fingerprint density at radius 2 is 2.00 bits per heavy atom.